The minimum Gasteiger partial charge on any atom is -0.316 e. The summed E-state index contributed by atoms with van der Waals surface area (Å²) in [6, 6.07) is 0. The van der Waals surface area contributed by atoms with Crippen LogP contribution < -0.4 is 5.32 Å². The summed E-state index contributed by atoms with van der Waals surface area (Å²) in [7, 11) is 0. The summed E-state index contributed by atoms with van der Waals surface area (Å²) < 4.78 is 35.8. The largest absolute Gasteiger partial charge is 0.389 e. The molecule has 88 valence electrons. The maximum Gasteiger partial charge on any atom is 0.389 e. The van der Waals surface area contributed by atoms with E-state index in [0.29, 0.717) is 13.0 Å². The van der Waals surface area contributed by atoms with Crippen LogP contribution in [0.2, 0.25) is 0 Å². The molecule has 0 saturated carbocycles. The van der Waals surface area contributed by atoms with Crippen molar-refractivity contribution < 1.29 is 18.0 Å². The predicted octanol–water partition coefficient (Wildman–Crippen LogP) is 2.29. The number of piperidine rings is 1. The van der Waals surface area contributed by atoms with Gasteiger partial charge in [0.1, 0.15) is 5.78 Å². The molecule has 0 bridgehead atoms. The van der Waals surface area contributed by atoms with Crippen molar-refractivity contribution in [3.63, 3.8) is 0 Å². The zero-order valence-electron chi connectivity index (χ0n) is 8.78. The number of alkyl halides is 3. The molecule has 0 aliphatic carbocycles. The number of hydrogen-bond donors (Lipinski definition) is 1. The van der Waals surface area contributed by atoms with E-state index < -0.39 is 18.0 Å². The van der Waals surface area contributed by atoms with Crippen LogP contribution >= 0.6 is 0 Å². The Labute approximate surface area is 87.2 Å². The van der Waals surface area contributed by atoms with E-state index in [0.717, 1.165) is 13.0 Å². The van der Waals surface area contributed by atoms with Gasteiger partial charge in [-0.1, -0.05) is 6.92 Å². The third-order valence-corrected chi connectivity index (χ3v) is 2.91. The molecular weight excluding hydrogens is 207 g/mol. The van der Waals surface area contributed by atoms with Crippen LogP contribution in [0.1, 0.15) is 32.6 Å². The van der Waals surface area contributed by atoms with Crippen molar-refractivity contribution in [2.75, 3.05) is 13.1 Å². The molecular formula is C10H16F3NO. The van der Waals surface area contributed by atoms with Crippen LogP contribution in [0.25, 0.3) is 0 Å². The van der Waals surface area contributed by atoms with E-state index in [2.05, 4.69) is 5.32 Å². The van der Waals surface area contributed by atoms with Crippen molar-refractivity contribution in [2.24, 2.45) is 5.41 Å². The first-order valence-electron chi connectivity index (χ1n) is 5.14. The molecule has 1 saturated heterocycles. The Hall–Kier alpha value is -0.580. The second-order valence-electron chi connectivity index (χ2n) is 4.38. The third kappa shape index (κ3) is 3.81. The molecule has 0 spiro atoms. The molecule has 1 aliphatic heterocycles. The Balaban J connectivity index is 2.45. The smallest absolute Gasteiger partial charge is 0.316 e. The molecule has 1 rings (SSSR count). The van der Waals surface area contributed by atoms with Gasteiger partial charge >= 0.3 is 6.18 Å². The van der Waals surface area contributed by atoms with E-state index in [9.17, 15) is 18.0 Å². The highest BCUT2D eigenvalue weighted by atomic mass is 19.4. The summed E-state index contributed by atoms with van der Waals surface area (Å²) in [5, 5.41) is 3.05. The Morgan fingerprint density at radius 2 is 2.13 bits per heavy atom. The fraction of sp³-hybridized carbons (Fsp3) is 0.900. The normalized spacial score (nSPS) is 27.7. The summed E-state index contributed by atoms with van der Waals surface area (Å²) in [6.45, 7) is 3.10. The van der Waals surface area contributed by atoms with E-state index in [1.54, 1.807) is 6.92 Å². The number of hydrogen-bond acceptors (Lipinski definition) is 2. The maximum absolute atomic E-state index is 11.9. The van der Waals surface area contributed by atoms with Crippen LogP contribution in [-0.4, -0.2) is 25.0 Å². The lowest BCUT2D eigenvalue weighted by atomic mass is 9.77. The molecule has 2 nitrogen and oxygen atoms in total. The van der Waals surface area contributed by atoms with Gasteiger partial charge in [-0.3, -0.25) is 4.79 Å². The minimum absolute atomic E-state index is 0.271. The molecule has 0 aromatic carbocycles. The van der Waals surface area contributed by atoms with Gasteiger partial charge in [-0.05, 0) is 19.4 Å². The van der Waals surface area contributed by atoms with Gasteiger partial charge in [0.05, 0.1) is 6.42 Å². The van der Waals surface area contributed by atoms with Crippen LogP contribution in [0.15, 0.2) is 0 Å². The van der Waals surface area contributed by atoms with Crippen LogP contribution in [0.4, 0.5) is 13.2 Å². The van der Waals surface area contributed by atoms with E-state index in [1.807, 2.05) is 0 Å². The number of nitrogens with one attached hydrogen (secondary N) is 1. The topological polar surface area (TPSA) is 29.1 Å². The van der Waals surface area contributed by atoms with Crippen molar-refractivity contribution in [1.29, 1.82) is 0 Å². The van der Waals surface area contributed by atoms with Crippen LogP contribution in [0, 0.1) is 5.41 Å². The Morgan fingerprint density at radius 3 is 2.60 bits per heavy atom. The zero-order valence-corrected chi connectivity index (χ0v) is 8.78. The van der Waals surface area contributed by atoms with Crippen LogP contribution in [0.3, 0.4) is 0 Å². The van der Waals surface area contributed by atoms with Gasteiger partial charge < -0.3 is 5.32 Å². The lowest BCUT2D eigenvalue weighted by molar-refractivity contribution is -0.147. The lowest BCUT2D eigenvalue weighted by Crippen LogP contribution is -2.43. The summed E-state index contributed by atoms with van der Waals surface area (Å²) in [6.07, 6.45) is -4.07. The highest BCUT2D eigenvalue weighted by molar-refractivity contribution is 5.84. The standard InChI is InChI=1S/C10H16F3NO/c1-9(4-2-6-14-7-9)8(15)3-5-10(11,12)13/h14H,2-7H2,1H3. The molecule has 0 radical (unpaired) electrons. The number of ketones is 1. The molecule has 1 heterocycles. The summed E-state index contributed by atoms with van der Waals surface area (Å²) in [5.74, 6) is -0.271. The minimum atomic E-state index is -4.23. The van der Waals surface area contributed by atoms with E-state index in [-0.39, 0.29) is 12.2 Å². The molecule has 0 amide bonds. The molecule has 1 atom stereocenters. The molecule has 0 aromatic rings. The number of Topliss-reactive ketones (excluding diaryl/α,β-unsaturated/α-hetero) is 1. The van der Waals surface area contributed by atoms with E-state index in [1.165, 1.54) is 0 Å². The Bertz CT molecular complexity index is 231. The monoisotopic (exact) mass is 223 g/mol. The summed E-state index contributed by atoms with van der Waals surface area (Å²) in [4.78, 5) is 11.6. The molecule has 1 aliphatic rings. The average molecular weight is 223 g/mol. The number of carbonyl (C=O) groups excluding carboxylic acids is 1. The van der Waals surface area contributed by atoms with Crippen molar-refractivity contribution in [3.05, 3.63) is 0 Å². The average Bonchev–Trinajstić information content (AvgIpc) is 2.14. The molecule has 1 unspecified atom stereocenters. The third-order valence-electron chi connectivity index (χ3n) is 2.91. The number of halogens is 3. The maximum atomic E-state index is 11.9. The van der Waals surface area contributed by atoms with Gasteiger partial charge in [0.25, 0.3) is 0 Å². The molecule has 0 aromatic heterocycles. The van der Waals surface area contributed by atoms with Crippen molar-refractivity contribution in [3.8, 4) is 0 Å². The zero-order chi connectivity index (χ0) is 11.5. The van der Waals surface area contributed by atoms with Gasteiger partial charge in [0, 0.05) is 18.4 Å². The van der Waals surface area contributed by atoms with Gasteiger partial charge in [0.2, 0.25) is 0 Å². The highest BCUT2D eigenvalue weighted by Crippen LogP contribution is 2.30. The molecule has 15 heavy (non-hydrogen) atoms. The van der Waals surface area contributed by atoms with Gasteiger partial charge in [-0.15, -0.1) is 0 Å². The summed E-state index contributed by atoms with van der Waals surface area (Å²) >= 11 is 0. The van der Waals surface area contributed by atoms with Gasteiger partial charge in [-0.2, -0.15) is 13.2 Å². The molecule has 1 fully saturated rings. The molecule has 5 heteroatoms. The van der Waals surface area contributed by atoms with Gasteiger partial charge in [-0.25, -0.2) is 0 Å². The van der Waals surface area contributed by atoms with Crippen LogP contribution in [-0.2, 0) is 4.79 Å². The Kier molecular flexibility index (Phi) is 3.76. The first-order chi connectivity index (χ1) is 6.83. The van der Waals surface area contributed by atoms with E-state index in [4.69, 9.17) is 0 Å². The SMILES string of the molecule is CC1(C(=O)CCC(F)(F)F)CCCNC1. The second kappa shape index (κ2) is 4.51. The van der Waals surface area contributed by atoms with E-state index >= 15 is 0 Å². The fourth-order valence-corrected chi connectivity index (χ4v) is 1.85. The van der Waals surface area contributed by atoms with Gasteiger partial charge in [0.15, 0.2) is 0 Å². The second-order valence-corrected chi connectivity index (χ2v) is 4.38. The van der Waals surface area contributed by atoms with Crippen molar-refractivity contribution in [1.82, 2.24) is 5.32 Å². The summed E-state index contributed by atoms with van der Waals surface area (Å²) in [5.41, 5.74) is -0.594. The first kappa shape index (κ1) is 12.5. The Morgan fingerprint density at radius 1 is 1.47 bits per heavy atom. The lowest BCUT2D eigenvalue weighted by Gasteiger charge is -2.32. The predicted molar refractivity (Wildman–Crippen MR) is 50.5 cm³/mol. The number of carbonyl (C=O) groups is 1. The molecule has 1 N–H and O–H groups in total. The quantitative estimate of drug-likeness (QED) is 0.795. The first-order valence-corrected chi connectivity index (χ1v) is 5.14. The number of rotatable bonds is 3. The fourth-order valence-electron chi connectivity index (χ4n) is 1.85. The van der Waals surface area contributed by atoms with Crippen LogP contribution in [0.5, 0.6) is 0 Å². The van der Waals surface area contributed by atoms with Crippen molar-refractivity contribution in [2.45, 2.75) is 38.8 Å². The highest BCUT2D eigenvalue weighted by Gasteiger charge is 2.36. The van der Waals surface area contributed by atoms with Crippen molar-refractivity contribution >= 4 is 5.78 Å².